The van der Waals surface area contributed by atoms with Crippen molar-refractivity contribution in [2.75, 3.05) is 31.6 Å². The predicted octanol–water partition coefficient (Wildman–Crippen LogP) is 2.34. The summed E-state index contributed by atoms with van der Waals surface area (Å²) in [5, 5.41) is 14.4. The standard InChI is InChI=1S/C14H21N3O2/c1-11-5-6-13(8-14(11)17(18)19)16(2)10-12-4-3-7-15-9-12/h5-6,8,12,15H,3-4,7,9-10H2,1-2H3. The van der Waals surface area contributed by atoms with Crippen LogP contribution in [0.1, 0.15) is 18.4 Å². The van der Waals surface area contributed by atoms with Gasteiger partial charge in [0, 0.05) is 30.9 Å². The van der Waals surface area contributed by atoms with E-state index in [1.165, 1.54) is 12.8 Å². The molecule has 5 heteroatoms. The Morgan fingerprint density at radius 2 is 2.32 bits per heavy atom. The highest BCUT2D eigenvalue weighted by Gasteiger charge is 2.17. The van der Waals surface area contributed by atoms with Crippen LogP contribution in [0.25, 0.3) is 0 Å². The normalized spacial score (nSPS) is 19.2. The number of nitrogens with zero attached hydrogens (tertiary/aromatic N) is 2. The van der Waals surface area contributed by atoms with Crippen LogP contribution in [0.3, 0.4) is 0 Å². The van der Waals surface area contributed by atoms with Gasteiger partial charge in [-0.05, 0) is 44.8 Å². The first-order valence-electron chi connectivity index (χ1n) is 6.75. The Morgan fingerprint density at radius 1 is 1.53 bits per heavy atom. The second kappa shape index (κ2) is 6.02. The maximum Gasteiger partial charge on any atom is 0.274 e. The number of benzene rings is 1. The number of rotatable bonds is 4. The summed E-state index contributed by atoms with van der Waals surface area (Å²) in [6.45, 7) is 4.86. The van der Waals surface area contributed by atoms with E-state index in [4.69, 9.17) is 0 Å². The van der Waals surface area contributed by atoms with Gasteiger partial charge in [0.05, 0.1) is 4.92 Å². The van der Waals surface area contributed by atoms with Crippen molar-refractivity contribution in [1.29, 1.82) is 0 Å². The third kappa shape index (κ3) is 3.44. The average Bonchev–Trinajstić information content (AvgIpc) is 2.40. The van der Waals surface area contributed by atoms with Crippen LogP contribution < -0.4 is 10.2 Å². The minimum atomic E-state index is -0.311. The lowest BCUT2D eigenvalue weighted by Gasteiger charge is -2.28. The van der Waals surface area contributed by atoms with Gasteiger partial charge < -0.3 is 10.2 Å². The van der Waals surface area contributed by atoms with Crippen molar-refractivity contribution in [1.82, 2.24) is 5.32 Å². The van der Waals surface area contributed by atoms with E-state index in [-0.39, 0.29) is 10.6 Å². The summed E-state index contributed by atoms with van der Waals surface area (Å²) in [6.07, 6.45) is 2.44. The lowest BCUT2D eigenvalue weighted by atomic mass is 9.99. The number of anilines is 1. The van der Waals surface area contributed by atoms with Crippen LogP contribution in [0, 0.1) is 23.0 Å². The minimum Gasteiger partial charge on any atom is -0.374 e. The number of hydrogen-bond acceptors (Lipinski definition) is 4. The molecule has 0 aromatic heterocycles. The molecule has 0 bridgehead atoms. The van der Waals surface area contributed by atoms with Crippen molar-refractivity contribution in [2.45, 2.75) is 19.8 Å². The Morgan fingerprint density at radius 3 is 2.95 bits per heavy atom. The molecule has 19 heavy (non-hydrogen) atoms. The maximum absolute atomic E-state index is 11.0. The van der Waals surface area contributed by atoms with E-state index in [2.05, 4.69) is 10.2 Å². The predicted molar refractivity (Wildman–Crippen MR) is 76.7 cm³/mol. The molecule has 1 aliphatic rings. The maximum atomic E-state index is 11.0. The molecule has 1 heterocycles. The monoisotopic (exact) mass is 263 g/mol. The van der Waals surface area contributed by atoms with E-state index in [0.29, 0.717) is 11.5 Å². The van der Waals surface area contributed by atoms with Crippen LogP contribution in [-0.4, -0.2) is 31.6 Å². The van der Waals surface area contributed by atoms with Crippen molar-refractivity contribution < 1.29 is 4.92 Å². The summed E-state index contributed by atoms with van der Waals surface area (Å²) >= 11 is 0. The second-order valence-electron chi connectivity index (χ2n) is 5.32. The van der Waals surface area contributed by atoms with Crippen molar-refractivity contribution >= 4 is 11.4 Å². The average molecular weight is 263 g/mol. The first-order valence-corrected chi connectivity index (χ1v) is 6.75. The highest BCUT2D eigenvalue weighted by atomic mass is 16.6. The van der Waals surface area contributed by atoms with Gasteiger partial charge in [0.15, 0.2) is 0 Å². The number of nitro groups is 1. The first kappa shape index (κ1) is 13.8. The Hall–Kier alpha value is -1.62. The molecule has 1 aromatic rings. The van der Waals surface area contributed by atoms with Crippen molar-refractivity contribution in [3.8, 4) is 0 Å². The number of hydrogen-bond donors (Lipinski definition) is 1. The third-order valence-corrected chi connectivity index (χ3v) is 3.76. The van der Waals surface area contributed by atoms with Crippen LogP contribution in [0.5, 0.6) is 0 Å². The van der Waals surface area contributed by atoms with E-state index in [9.17, 15) is 10.1 Å². The topological polar surface area (TPSA) is 58.4 Å². The summed E-state index contributed by atoms with van der Waals surface area (Å²) < 4.78 is 0. The Labute approximate surface area is 113 Å². The van der Waals surface area contributed by atoms with E-state index in [0.717, 1.165) is 25.3 Å². The van der Waals surface area contributed by atoms with E-state index in [1.54, 1.807) is 13.0 Å². The van der Waals surface area contributed by atoms with Crippen molar-refractivity contribution in [2.24, 2.45) is 5.92 Å². The molecule has 0 amide bonds. The summed E-state index contributed by atoms with van der Waals surface area (Å²) in [4.78, 5) is 12.8. The Kier molecular flexibility index (Phi) is 4.37. The molecule has 1 aromatic carbocycles. The molecule has 1 aliphatic heterocycles. The van der Waals surface area contributed by atoms with Crippen molar-refractivity contribution in [3.05, 3.63) is 33.9 Å². The second-order valence-corrected chi connectivity index (χ2v) is 5.32. The van der Waals surface area contributed by atoms with Crippen LogP contribution in [0.2, 0.25) is 0 Å². The van der Waals surface area contributed by atoms with Gasteiger partial charge in [-0.1, -0.05) is 6.07 Å². The van der Waals surface area contributed by atoms with Crippen molar-refractivity contribution in [3.63, 3.8) is 0 Å². The molecule has 0 aliphatic carbocycles. The summed E-state index contributed by atoms with van der Waals surface area (Å²) in [5.41, 5.74) is 1.83. The van der Waals surface area contributed by atoms with Gasteiger partial charge in [0.25, 0.3) is 5.69 Å². The van der Waals surface area contributed by atoms with Crippen LogP contribution in [-0.2, 0) is 0 Å². The fourth-order valence-electron chi connectivity index (χ4n) is 2.60. The van der Waals surface area contributed by atoms with Gasteiger partial charge >= 0.3 is 0 Å². The zero-order valence-corrected chi connectivity index (χ0v) is 11.6. The SMILES string of the molecule is Cc1ccc(N(C)CC2CCCNC2)cc1[N+](=O)[O-]. The minimum absolute atomic E-state index is 0.200. The van der Waals surface area contributed by atoms with Gasteiger partial charge in [0.1, 0.15) is 0 Å². The molecule has 1 N–H and O–H groups in total. The summed E-state index contributed by atoms with van der Waals surface area (Å²) in [6, 6.07) is 5.45. The smallest absolute Gasteiger partial charge is 0.274 e. The van der Waals surface area contributed by atoms with E-state index < -0.39 is 0 Å². The molecular weight excluding hydrogens is 242 g/mol. The molecule has 1 unspecified atom stereocenters. The van der Waals surface area contributed by atoms with E-state index >= 15 is 0 Å². The van der Waals surface area contributed by atoms with Gasteiger partial charge in [-0.2, -0.15) is 0 Å². The Balaban J connectivity index is 2.07. The molecule has 1 fully saturated rings. The first-order chi connectivity index (χ1) is 9.08. The summed E-state index contributed by atoms with van der Waals surface area (Å²) in [7, 11) is 2.00. The number of nitro benzene ring substituents is 1. The number of nitrogens with one attached hydrogen (secondary N) is 1. The third-order valence-electron chi connectivity index (χ3n) is 3.76. The molecule has 0 radical (unpaired) electrons. The highest BCUT2D eigenvalue weighted by molar-refractivity contribution is 5.56. The summed E-state index contributed by atoms with van der Waals surface area (Å²) in [5.74, 6) is 0.624. The van der Waals surface area contributed by atoms with E-state index in [1.807, 2.05) is 19.2 Å². The molecule has 0 saturated carbocycles. The van der Waals surface area contributed by atoms with Gasteiger partial charge in [-0.15, -0.1) is 0 Å². The van der Waals surface area contributed by atoms with Crippen LogP contribution in [0.15, 0.2) is 18.2 Å². The molecule has 104 valence electrons. The fraction of sp³-hybridized carbons (Fsp3) is 0.571. The lowest BCUT2D eigenvalue weighted by Crippen LogP contribution is -2.36. The zero-order chi connectivity index (χ0) is 13.8. The van der Waals surface area contributed by atoms with Gasteiger partial charge in [-0.25, -0.2) is 0 Å². The molecular formula is C14H21N3O2. The molecule has 0 spiro atoms. The fourth-order valence-corrected chi connectivity index (χ4v) is 2.60. The Bertz CT molecular complexity index is 456. The van der Waals surface area contributed by atoms with Crippen LogP contribution in [0.4, 0.5) is 11.4 Å². The molecule has 1 atom stereocenters. The number of aryl methyl sites for hydroxylation is 1. The quantitative estimate of drug-likeness (QED) is 0.669. The molecule has 1 saturated heterocycles. The lowest BCUT2D eigenvalue weighted by molar-refractivity contribution is -0.385. The largest absolute Gasteiger partial charge is 0.374 e. The van der Waals surface area contributed by atoms with Gasteiger partial charge in [-0.3, -0.25) is 10.1 Å². The van der Waals surface area contributed by atoms with Gasteiger partial charge in [0.2, 0.25) is 0 Å². The molecule has 5 nitrogen and oxygen atoms in total. The number of piperidine rings is 1. The highest BCUT2D eigenvalue weighted by Crippen LogP contribution is 2.25. The zero-order valence-electron chi connectivity index (χ0n) is 11.6. The molecule has 2 rings (SSSR count). The van der Waals surface area contributed by atoms with Crippen LogP contribution >= 0.6 is 0 Å².